The summed E-state index contributed by atoms with van der Waals surface area (Å²) in [4.78, 5) is 17.4. The fourth-order valence-electron chi connectivity index (χ4n) is 3.57. The van der Waals surface area contributed by atoms with Gasteiger partial charge in [-0.1, -0.05) is 41.9 Å². The highest BCUT2D eigenvalue weighted by atomic mass is 35.5. The van der Waals surface area contributed by atoms with E-state index in [1.54, 1.807) is 6.20 Å². The summed E-state index contributed by atoms with van der Waals surface area (Å²) in [6.07, 6.45) is 3.84. The number of amides is 1. The van der Waals surface area contributed by atoms with Gasteiger partial charge < -0.3 is 19.7 Å². The molecule has 7 heteroatoms. The molecule has 3 rings (SSSR count). The fraction of sp³-hybridized carbons (Fsp3) is 0.478. The Morgan fingerprint density at radius 1 is 1.30 bits per heavy atom. The zero-order valence-corrected chi connectivity index (χ0v) is 18.6. The van der Waals surface area contributed by atoms with Crippen LogP contribution in [-0.2, 0) is 16.1 Å². The van der Waals surface area contributed by atoms with Crippen LogP contribution in [-0.4, -0.2) is 43.3 Å². The van der Waals surface area contributed by atoms with Gasteiger partial charge in [-0.05, 0) is 37.3 Å². The van der Waals surface area contributed by atoms with Crippen LogP contribution in [0.3, 0.4) is 0 Å². The average Bonchev–Trinajstić information content (AvgIpc) is 2.67. The molecule has 0 bridgehead atoms. The molecule has 0 radical (unpaired) electrons. The van der Waals surface area contributed by atoms with Crippen LogP contribution in [0.2, 0.25) is 5.02 Å². The smallest absolute Gasteiger partial charge is 0.234 e. The van der Waals surface area contributed by atoms with Gasteiger partial charge in [-0.25, -0.2) is 4.98 Å². The Morgan fingerprint density at radius 3 is 2.73 bits per heavy atom. The molecule has 1 aliphatic carbocycles. The van der Waals surface area contributed by atoms with Crippen LogP contribution in [0.25, 0.3) is 0 Å². The SMILES string of the molecule is CC(=O)N[C@@H](C)COC1CC(COc2nccc(N(C)Cc3ccccc3)c2Cl)C1. The Bertz CT molecular complexity index is 828. The fourth-order valence-corrected chi connectivity index (χ4v) is 3.88. The van der Waals surface area contributed by atoms with Crippen molar-refractivity contribution in [1.29, 1.82) is 0 Å². The van der Waals surface area contributed by atoms with Crippen molar-refractivity contribution in [3.05, 3.63) is 53.2 Å². The van der Waals surface area contributed by atoms with E-state index >= 15 is 0 Å². The van der Waals surface area contributed by atoms with Crippen LogP contribution in [0.1, 0.15) is 32.3 Å². The third kappa shape index (κ3) is 6.34. The number of nitrogens with one attached hydrogen (secondary N) is 1. The number of aromatic nitrogens is 1. The van der Waals surface area contributed by atoms with Gasteiger partial charge in [0.25, 0.3) is 0 Å². The lowest BCUT2D eigenvalue weighted by Gasteiger charge is -2.35. The van der Waals surface area contributed by atoms with Crippen molar-refractivity contribution in [2.45, 2.75) is 45.4 Å². The molecule has 1 heterocycles. The van der Waals surface area contributed by atoms with Crippen molar-refractivity contribution >= 4 is 23.2 Å². The normalized spacial score (nSPS) is 18.9. The zero-order valence-electron chi connectivity index (χ0n) is 17.8. The molecule has 1 atom stereocenters. The molecule has 1 N–H and O–H groups in total. The summed E-state index contributed by atoms with van der Waals surface area (Å²) in [7, 11) is 2.01. The van der Waals surface area contributed by atoms with E-state index in [1.807, 2.05) is 38.2 Å². The standard InChI is InChI=1S/C23H30ClN3O3/c1-16(26-17(2)28)14-29-20-11-19(12-20)15-30-23-22(24)21(9-10-25-23)27(3)13-18-7-5-4-6-8-18/h4-10,16,19-20H,11-15H2,1-3H3,(H,26,28)/t16-,19?,20?/m0/s1. The summed E-state index contributed by atoms with van der Waals surface area (Å²) < 4.78 is 11.8. The predicted molar refractivity (Wildman–Crippen MR) is 119 cm³/mol. The lowest BCUT2D eigenvalue weighted by atomic mass is 9.83. The lowest BCUT2D eigenvalue weighted by Crippen LogP contribution is -2.40. The number of ether oxygens (including phenoxy) is 2. The number of hydrogen-bond donors (Lipinski definition) is 1. The van der Waals surface area contributed by atoms with E-state index in [1.165, 1.54) is 12.5 Å². The van der Waals surface area contributed by atoms with E-state index in [2.05, 4.69) is 27.3 Å². The minimum atomic E-state index is -0.0352. The number of carbonyl (C=O) groups excluding carboxylic acids is 1. The van der Waals surface area contributed by atoms with Crippen LogP contribution >= 0.6 is 11.6 Å². The number of hydrogen-bond acceptors (Lipinski definition) is 5. The minimum Gasteiger partial charge on any atom is -0.476 e. The first-order valence-electron chi connectivity index (χ1n) is 10.3. The Morgan fingerprint density at radius 2 is 2.03 bits per heavy atom. The van der Waals surface area contributed by atoms with Crippen molar-refractivity contribution < 1.29 is 14.3 Å². The molecule has 1 aliphatic rings. The Kier molecular flexibility index (Phi) is 7.94. The Balaban J connectivity index is 1.44. The monoisotopic (exact) mass is 431 g/mol. The molecular weight excluding hydrogens is 402 g/mol. The number of rotatable bonds is 10. The molecule has 1 fully saturated rings. The van der Waals surface area contributed by atoms with Gasteiger partial charge >= 0.3 is 0 Å². The molecule has 1 aromatic heterocycles. The number of nitrogens with zero attached hydrogens (tertiary/aromatic N) is 2. The summed E-state index contributed by atoms with van der Waals surface area (Å²) >= 11 is 6.58. The van der Waals surface area contributed by atoms with Gasteiger partial charge in [0.15, 0.2) is 0 Å². The first-order valence-corrected chi connectivity index (χ1v) is 10.7. The van der Waals surface area contributed by atoms with Crippen LogP contribution in [0.15, 0.2) is 42.6 Å². The number of pyridine rings is 1. The van der Waals surface area contributed by atoms with Gasteiger partial charge in [-0.3, -0.25) is 4.79 Å². The summed E-state index contributed by atoms with van der Waals surface area (Å²) in [5.41, 5.74) is 2.11. The third-order valence-corrected chi connectivity index (χ3v) is 5.55. The summed E-state index contributed by atoms with van der Waals surface area (Å²) in [6.45, 7) is 5.31. The maximum atomic E-state index is 11.0. The molecule has 1 aromatic carbocycles. The second kappa shape index (κ2) is 10.6. The van der Waals surface area contributed by atoms with Crippen molar-refractivity contribution in [2.24, 2.45) is 5.92 Å². The zero-order chi connectivity index (χ0) is 21.5. The van der Waals surface area contributed by atoms with Crippen molar-refractivity contribution in [2.75, 3.05) is 25.2 Å². The van der Waals surface area contributed by atoms with Gasteiger partial charge in [0, 0.05) is 32.8 Å². The van der Waals surface area contributed by atoms with Crippen LogP contribution in [0.5, 0.6) is 5.88 Å². The maximum Gasteiger partial charge on any atom is 0.234 e. The van der Waals surface area contributed by atoms with E-state index in [4.69, 9.17) is 21.1 Å². The second-order valence-electron chi connectivity index (χ2n) is 8.00. The first kappa shape index (κ1) is 22.4. The van der Waals surface area contributed by atoms with E-state index in [9.17, 15) is 4.79 Å². The largest absolute Gasteiger partial charge is 0.476 e. The highest BCUT2D eigenvalue weighted by molar-refractivity contribution is 6.34. The van der Waals surface area contributed by atoms with Gasteiger partial charge in [0.1, 0.15) is 5.02 Å². The predicted octanol–water partition coefficient (Wildman–Crippen LogP) is 4.07. The molecule has 1 saturated carbocycles. The van der Waals surface area contributed by atoms with Crippen molar-refractivity contribution in [1.82, 2.24) is 10.3 Å². The molecule has 2 aromatic rings. The van der Waals surface area contributed by atoms with Crippen LogP contribution < -0.4 is 15.0 Å². The molecule has 162 valence electrons. The molecule has 0 unspecified atom stereocenters. The molecule has 0 aliphatic heterocycles. The first-order chi connectivity index (χ1) is 14.4. The van der Waals surface area contributed by atoms with E-state index in [0.29, 0.717) is 30.0 Å². The minimum absolute atomic E-state index is 0.0245. The number of carbonyl (C=O) groups is 1. The summed E-state index contributed by atoms with van der Waals surface area (Å²) in [5, 5.41) is 3.36. The van der Waals surface area contributed by atoms with Gasteiger partial charge in [-0.2, -0.15) is 0 Å². The molecule has 1 amide bonds. The van der Waals surface area contributed by atoms with E-state index < -0.39 is 0 Å². The topological polar surface area (TPSA) is 63.7 Å². The van der Waals surface area contributed by atoms with Crippen molar-refractivity contribution in [3.8, 4) is 5.88 Å². The maximum absolute atomic E-state index is 11.0. The van der Waals surface area contributed by atoms with Crippen LogP contribution in [0.4, 0.5) is 5.69 Å². The molecule has 0 saturated heterocycles. The molecule has 6 nitrogen and oxygen atoms in total. The summed E-state index contributed by atoms with van der Waals surface area (Å²) in [5.74, 6) is 0.861. The van der Waals surface area contributed by atoms with Crippen LogP contribution in [0, 0.1) is 5.92 Å². The number of benzene rings is 1. The third-order valence-electron chi connectivity index (χ3n) is 5.19. The number of halogens is 1. The van der Waals surface area contributed by atoms with Gasteiger partial charge in [0.2, 0.25) is 11.8 Å². The number of anilines is 1. The van der Waals surface area contributed by atoms with Gasteiger partial charge in [-0.15, -0.1) is 0 Å². The van der Waals surface area contributed by atoms with E-state index in [-0.39, 0.29) is 18.1 Å². The lowest BCUT2D eigenvalue weighted by molar-refractivity contribution is -0.120. The van der Waals surface area contributed by atoms with Gasteiger partial charge in [0.05, 0.1) is 25.0 Å². The second-order valence-corrected chi connectivity index (χ2v) is 8.37. The highest BCUT2D eigenvalue weighted by Gasteiger charge is 2.31. The average molecular weight is 432 g/mol. The van der Waals surface area contributed by atoms with E-state index in [0.717, 1.165) is 25.1 Å². The summed E-state index contributed by atoms with van der Waals surface area (Å²) in [6, 6.07) is 12.2. The highest BCUT2D eigenvalue weighted by Crippen LogP contribution is 2.35. The Labute approximate surface area is 183 Å². The Hall–Kier alpha value is -2.31. The quantitative estimate of drug-likeness (QED) is 0.614. The molecule has 0 spiro atoms. The molecular formula is C23H30ClN3O3. The van der Waals surface area contributed by atoms with Crippen molar-refractivity contribution in [3.63, 3.8) is 0 Å². The molecule has 30 heavy (non-hydrogen) atoms.